The van der Waals surface area contributed by atoms with Crippen molar-refractivity contribution in [3.05, 3.63) is 69.8 Å². The molecule has 0 aromatic heterocycles. The average molecular weight is 463 g/mol. The molecule has 3 aliphatic rings. The SMILES string of the molecule is CC(C)(C)N1C(=O)NC(=O)[C@]2(Cc3cc([N+](=O)[O-])ccc3N3C[C@H](c4ccccc4)C[C@H]32)C1=O. The van der Waals surface area contributed by atoms with E-state index in [1.807, 2.05) is 35.2 Å². The highest BCUT2D eigenvalue weighted by Gasteiger charge is 2.65. The molecule has 34 heavy (non-hydrogen) atoms. The lowest BCUT2D eigenvalue weighted by atomic mass is 9.67. The summed E-state index contributed by atoms with van der Waals surface area (Å²) in [7, 11) is 0. The van der Waals surface area contributed by atoms with E-state index in [1.165, 1.54) is 12.1 Å². The molecular formula is C25H26N4O5. The lowest BCUT2D eigenvalue weighted by molar-refractivity contribution is -0.384. The number of non-ortho nitro benzene ring substituents is 1. The van der Waals surface area contributed by atoms with Gasteiger partial charge in [-0.25, -0.2) is 4.79 Å². The Balaban J connectivity index is 1.68. The molecule has 2 fully saturated rings. The number of hydrogen-bond acceptors (Lipinski definition) is 6. The number of anilines is 1. The molecule has 3 aliphatic heterocycles. The number of barbiturate groups is 1. The molecule has 0 aliphatic carbocycles. The maximum absolute atomic E-state index is 14.1. The summed E-state index contributed by atoms with van der Waals surface area (Å²) < 4.78 is 0. The van der Waals surface area contributed by atoms with Crippen LogP contribution in [0.15, 0.2) is 48.5 Å². The van der Waals surface area contributed by atoms with E-state index in [0.717, 1.165) is 16.2 Å². The van der Waals surface area contributed by atoms with Crippen LogP contribution in [-0.4, -0.2) is 45.8 Å². The number of nitro groups is 1. The Morgan fingerprint density at radius 1 is 1.09 bits per heavy atom. The van der Waals surface area contributed by atoms with Crippen molar-refractivity contribution in [1.82, 2.24) is 10.2 Å². The molecule has 1 N–H and O–H groups in total. The quantitative estimate of drug-likeness (QED) is 0.416. The van der Waals surface area contributed by atoms with E-state index in [4.69, 9.17) is 0 Å². The number of urea groups is 1. The topological polar surface area (TPSA) is 113 Å². The predicted molar refractivity (Wildman–Crippen MR) is 124 cm³/mol. The van der Waals surface area contributed by atoms with Gasteiger partial charge in [-0.2, -0.15) is 0 Å². The van der Waals surface area contributed by atoms with Gasteiger partial charge in [0, 0.05) is 42.2 Å². The molecule has 0 radical (unpaired) electrons. The molecule has 9 heteroatoms. The number of benzene rings is 2. The van der Waals surface area contributed by atoms with E-state index in [2.05, 4.69) is 5.32 Å². The monoisotopic (exact) mass is 462 g/mol. The zero-order chi connectivity index (χ0) is 24.4. The highest BCUT2D eigenvalue weighted by Crippen LogP contribution is 2.52. The minimum atomic E-state index is -1.56. The van der Waals surface area contributed by atoms with Gasteiger partial charge >= 0.3 is 6.03 Å². The highest BCUT2D eigenvalue weighted by molar-refractivity contribution is 6.20. The number of nitrogens with one attached hydrogen (secondary N) is 1. The second-order valence-corrected chi connectivity index (χ2v) is 10.3. The van der Waals surface area contributed by atoms with Crippen molar-refractivity contribution in [3.63, 3.8) is 0 Å². The maximum Gasteiger partial charge on any atom is 0.331 e. The van der Waals surface area contributed by atoms with E-state index < -0.39 is 39.8 Å². The van der Waals surface area contributed by atoms with Gasteiger partial charge < -0.3 is 4.90 Å². The minimum absolute atomic E-state index is 0.00276. The third-order valence-corrected chi connectivity index (χ3v) is 7.28. The zero-order valence-electron chi connectivity index (χ0n) is 19.3. The van der Waals surface area contributed by atoms with Crippen molar-refractivity contribution in [2.45, 2.75) is 51.1 Å². The van der Waals surface area contributed by atoms with Crippen LogP contribution in [0.3, 0.4) is 0 Å². The largest absolute Gasteiger partial charge is 0.366 e. The molecule has 0 saturated carbocycles. The van der Waals surface area contributed by atoms with Crippen molar-refractivity contribution < 1.29 is 19.3 Å². The molecule has 2 aromatic carbocycles. The third kappa shape index (κ3) is 3.10. The van der Waals surface area contributed by atoms with Gasteiger partial charge in [0.25, 0.3) is 5.69 Å². The summed E-state index contributed by atoms with van der Waals surface area (Å²) in [5, 5.41) is 13.9. The van der Waals surface area contributed by atoms with Crippen LogP contribution >= 0.6 is 0 Å². The number of fused-ring (bicyclic) bond motifs is 4. The summed E-state index contributed by atoms with van der Waals surface area (Å²) in [4.78, 5) is 54.5. The third-order valence-electron chi connectivity index (χ3n) is 7.28. The number of carbonyl (C=O) groups is 3. The fraction of sp³-hybridized carbons (Fsp3) is 0.400. The average Bonchev–Trinajstić information content (AvgIpc) is 3.23. The van der Waals surface area contributed by atoms with E-state index in [0.29, 0.717) is 18.5 Å². The Hall–Kier alpha value is -3.75. The second-order valence-electron chi connectivity index (χ2n) is 10.3. The summed E-state index contributed by atoms with van der Waals surface area (Å²) >= 11 is 0. The van der Waals surface area contributed by atoms with Gasteiger partial charge in [-0.05, 0) is 44.4 Å². The molecule has 1 spiro atoms. The molecule has 0 bridgehead atoms. The van der Waals surface area contributed by atoms with E-state index in [1.54, 1.807) is 26.8 Å². The Labute approximate surface area is 196 Å². The normalized spacial score (nSPS) is 26.4. The Kier molecular flexibility index (Phi) is 4.79. The predicted octanol–water partition coefficient (Wildman–Crippen LogP) is 3.38. The van der Waals surface area contributed by atoms with Gasteiger partial charge in [0.15, 0.2) is 5.41 Å². The van der Waals surface area contributed by atoms with Gasteiger partial charge in [-0.3, -0.25) is 29.9 Å². The van der Waals surface area contributed by atoms with Crippen LogP contribution in [-0.2, 0) is 16.0 Å². The van der Waals surface area contributed by atoms with Crippen molar-refractivity contribution in [3.8, 4) is 0 Å². The van der Waals surface area contributed by atoms with Crippen molar-refractivity contribution in [2.75, 3.05) is 11.4 Å². The molecular weight excluding hydrogens is 436 g/mol. The number of rotatable bonds is 2. The lowest BCUT2D eigenvalue weighted by Crippen LogP contribution is -2.73. The lowest BCUT2D eigenvalue weighted by Gasteiger charge is -2.51. The fourth-order valence-electron chi connectivity index (χ4n) is 5.77. The van der Waals surface area contributed by atoms with Crippen LogP contribution in [0.25, 0.3) is 0 Å². The number of hydrogen-bond donors (Lipinski definition) is 1. The van der Waals surface area contributed by atoms with Crippen LogP contribution < -0.4 is 10.2 Å². The molecule has 3 atom stereocenters. The number of carbonyl (C=O) groups excluding carboxylic acids is 3. The molecule has 4 amide bonds. The first-order chi connectivity index (χ1) is 16.0. The van der Waals surface area contributed by atoms with Crippen molar-refractivity contribution in [2.24, 2.45) is 5.41 Å². The minimum Gasteiger partial charge on any atom is -0.366 e. The summed E-state index contributed by atoms with van der Waals surface area (Å²) in [6.07, 6.45) is 0.545. The van der Waals surface area contributed by atoms with Crippen molar-refractivity contribution in [1.29, 1.82) is 0 Å². The van der Waals surface area contributed by atoms with Crippen LogP contribution in [0.4, 0.5) is 16.2 Å². The molecule has 2 aromatic rings. The number of amides is 4. The molecule has 9 nitrogen and oxygen atoms in total. The highest BCUT2D eigenvalue weighted by atomic mass is 16.6. The molecule has 3 heterocycles. The van der Waals surface area contributed by atoms with Gasteiger partial charge in [0.1, 0.15) is 0 Å². The summed E-state index contributed by atoms with van der Waals surface area (Å²) in [5.74, 6) is -1.12. The zero-order valence-corrected chi connectivity index (χ0v) is 19.3. The van der Waals surface area contributed by atoms with Crippen molar-refractivity contribution >= 4 is 29.2 Å². The molecule has 176 valence electrons. The molecule has 0 unspecified atom stereocenters. The smallest absolute Gasteiger partial charge is 0.331 e. The van der Waals surface area contributed by atoms with Crippen LogP contribution in [0.5, 0.6) is 0 Å². The van der Waals surface area contributed by atoms with Gasteiger partial charge in [-0.15, -0.1) is 0 Å². The number of nitrogens with zero attached hydrogens (tertiary/aromatic N) is 3. The first-order valence-electron chi connectivity index (χ1n) is 11.3. The van der Waals surface area contributed by atoms with E-state index in [9.17, 15) is 24.5 Å². The van der Waals surface area contributed by atoms with Crippen LogP contribution in [0.1, 0.15) is 44.2 Å². The Bertz CT molecular complexity index is 1220. The Morgan fingerprint density at radius 2 is 1.79 bits per heavy atom. The summed E-state index contributed by atoms with van der Waals surface area (Å²) in [5.41, 5.74) is -0.0561. The van der Waals surface area contributed by atoms with E-state index in [-0.39, 0.29) is 18.0 Å². The number of imide groups is 2. The van der Waals surface area contributed by atoms with Crippen LogP contribution in [0, 0.1) is 15.5 Å². The van der Waals surface area contributed by atoms with Gasteiger partial charge in [0.05, 0.1) is 11.0 Å². The van der Waals surface area contributed by atoms with Crippen LogP contribution in [0.2, 0.25) is 0 Å². The first kappa shape index (κ1) is 22.1. The van der Waals surface area contributed by atoms with Gasteiger partial charge in [-0.1, -0.05) is 30.3 Å². The fourth-order valence-corrected chi connectivity index (χ4v) is 5.77. The summed E-state index contributed by atoms with van der Waals surface area (Å²) in [6.45, 7) is 5.80. The second kappa shape index (κ2) is 7.38. The number of nitro benzene ring substituents is 1. The molecule has 5 rings (SSSR count). The van der Waals surface area contributed by atoms with Gasteiger partial charge in [0.2, 0.25) is 11.8 Å². The molecule has 2 saturated heterocycles. The maximum atomic E-state index is 14.1. The standard InChI is InChI=1S/C25H26N4O5/c1-24(2,3)28-22(31)25(21(30)26-23(28)32)13-16-11-18(29(33)34)9-10-19(16)27-14-17(12-20(25)27)15-7-5-4-6-8-15/h4-11,17,20H,12-14H2,1-3H3,(H,26,30,32)/t17-,20+,25-/m1/s1. The Morgan fingerprint density at radius 3 is 2.44 bits per heavy atom. The first-order valence-corrected chi connectivity index (χ1v) is 11.3. The summed E-state index contributed by atoms with van der Waals surface area (Å²) in [6, 6.07) is 13.3. The van der Waals surface area contributed by atoms with E-state index >= 15 is 0 Å².